The fraction of sp³-hybridized carbons (Fsp3) is 0.143. The molecule has 1 aromatic carbocycles. The van der Waals surface area contributed by atoms with Gasteiger partial charge in [0, 0.05) is 11.9 Å². The molecule has 0 amide bonds. The van der Waals surface area contributed by atoms with E-state index in [9.17, 15) is 0 Å². The van der Waals surface area contributed by atoms with Crippen LogP contribution in [0, 0.1) is 0 Å². The number of nitrogens with zero attached hydrogens (tertiary/aromatic N) is 3. The topological polar surface area (TPSA) is 56.7 Å². The summed E-state index contributed by atoms with van der Waals surface area (Å²) in [5.74, 6) is 0.829. The first kappa shape index (κ1) is 10.9. The second kappa shape index (κ2) is 4.23. The maximum atomic E-state index is 6.00. The van der Waals surface area contributed by atoms with Gasteiger partial charge in [0.25, 0.3) is 0 Å². The molecule has 0 bridgehead atoms. The maximum Gasteiger partial charge on any atom is 0.164 e. The number of para-hydroxylation sites is 1. The number of imidazole rings is 1. The molecule has 0 spiro atoms. The van der Waals surface area contributed by atoms with Crippen molar-refractivity contribution in [2.24, 2.45) is 5.73 Å². The summed E-state index contributed by atoms with van der Waals surface area (Å²) in [6, 6.07) is 13.7. The second-order valence-electron chi connectivity index (χ2n) is 4.28. The van der Waals surface area contributed by atoms with Crippen molar-refractivity contribution in [3.8, 4) is 5.69 Å². The smallest absolute Gasteiger partial charge is 0.164 e. The Morgan fingerprint density at radius 1 is 1.11 bits per heavy atom. The summed E-state index contributed by atoms with van der Waals surface area (Å²) in [4.78, 5) is 8.97. The Labute approximate surface area is 105 Å². The molecule has 4 nitrogen and oxygen atoms in total. The highest BCUT2D eigenvalue weighted by atomic mass is 15.1. The van der Waals surface area contributed by atoms with Gasteiger partial charge < -0.3 is 5.73 Å². The first-order valence-corrected chi connectivity index (χ1v) is 5.92. The zero-order valence-electron chi connectivity index (χ0n) is 10.1. The quantitative estimate of drug-likeness (QED) is 0.746. The normalized spacial score (nSPS) is 12.8. The third kappa shape index (κ3) is 1.67. The Kier molecular flexibility index (Phi) is 2.57. The standard InChI is InChI=1S/C14H14N4/c1-10(15)13-17-12-8-5-9-16-14(12)18(13)11-6-3-2-4-7-11/h2-10H,15H2,1H3/t10-/m0/s1. The van der Waals surface area contributed by atoms with Crippen LogP contribution in [0.1, 0.15) is 18.8 Å². The molecule has 1 atom stereocenters. The molecule has 90 valence electrons. The van der Waals surface area contributed by atoms with E-state index in [1.165, 1.54) is 0 Å². The van der Waals surface area contributed by atoms with Crippen molar-refractivity contribution in [3.63, 3.8) is 0 Å². The number of hydrogen-bond acceptors (Lipinski definition) is 3. The Morgan fingerprint density at radius 3 is 2.61 bits per heavy atom. The molecule has 0 unspecified atom stereocenters. The minimum atomic E-state index is -0.139. The van der Waals surface area contributed by atoms with Gasteiger partial charge in [-0.25, -0.2) is 9.97 Å². The summed E-state index contributed by atoms with van der Waals surface area (Å²) in [6.07, 6.45) is 1.77. The summed E-state index contributed by atoms with van der Waals surface area (Å²) >= 11 is 0. The lowest BCUT2D eigenvalue weighted by atomic mass is 10.3. The predicted molar refractivity (Wildman–Crippen MR) is 71.5 cm³/mol. The van der Waals surface area contributed by atoms with Gasteiger partial charge in [0.2, 0.25) is 0 Å². The average molecular weight is 238 g/mol. The lowest BCUT2D eigenvalue weighted by Gasteiger charge is -2.10. The number of rotatable bonds is 2. The van der Waals surface area contributed by atoms with Gasteiger partial charge in [0.15, 0.2) is 5.65 Å². The lowest BCUT2D eigenvalue weighted by Crippen LogP contribution is -2.12. The zero-order valence-corrected chi connectivity index (χ0v) is 10.1. The minimum absolute atomic E-state index is 0.139. The van der Waals surface area contributed by atoms with E-state index in [0.29, 0.717) is 0 Å². The van der Waals surface area contributed by atoms with Gasteiger partial charge in [0.1, 0.15) is 11.3 Å². The number of nitrogens with two attached hydrogens (primary N) is 1. The van der Waals surface area contributed by atoms with E-state index in [1.54, 1.807) is 6.20 Å². The molecule has 2 N–H and O–H groups in total. The van der Waals surface area contributed by atoms with Gasteiger partial charge >= 0.3 is 0 Å². The molecule has 18 heavy (non-hydrogen) atoms. The van der Waals surface area contributed by atoms with Gasteiger partial charge in [0.05, 0.1) is 6.04 Å². The number of aromatic nitrogens is 3. The van der Waals surface area contributed by atoms with Crippen LogP contribution in [0.15, 0.2) is 48.7 Å². The average Bonchev–Trinajstić information content (AvgIpc) is 2.79. The van der Waals surface area contributed by atoms with Gasteiger partial charge in [-0.1, -0.05) is 18.2 Å². The van der Waals surface area contributed by atoms with E-state index in [-0.39, 0.29) is 6.04 Å². The van der Waals surface area contributed by atoms with Crippen LogP contribution in [0.3, 0.4) is 0 Å². The van der Waals surface area contributed by atoms with E-state index < -0.39 is 0 Å². The van der Waals surface area contributed by atoms with Crippen molar-refractivity contribution in [3.05, 3.63) is 54.5 Å². The van der Waals surface area contributed by atoms with Crippen molar-refractivity contribution in [2.45, 2.75) is 13.0 Å². The molecular formula is C14H14N4. The largest absolute Gasteiger partial charge is 0.322 e. The molecule has 0 saturated heterocycles. The van der Waals surface area contributed by atoms with E-state index in [1.807, 2.05) is 54.0 Å². The maximum absolute atomic E-state index is 6.00. The van der Waals surface area contributed by atoms with Gasteiger partial charge in [-0.15, -0.1) is 0 Å². The molecule has 0 radical (unpaired) electrons. The van der Waals surface area contributed by atoms with E-state index in [0.717, 1.165) is 22.7 Å². The third-order valence-corrected chi connectivity index (χ3v) is 2.86. The highest BCUT2D eigenvalue weighted by molar-refractivity contribution is 5.73. The number of fused-ring (bicyclic) bond motifs is 1. The number of pyridine rings is 1. The van der Waals surface area contributed by atoms with Crippen LogP contribution >= 0.6 is 0 Å². The highest BCUT2D eigenvalue weighted by Crippen LogP contribution is 2.22. The summed E-state index contributed by atoms with van der Waals surface area (Å²) in [5.41, 5.74) is 8.75. The molecule has 2 heterocycles. The van der Waals surface area contributed by atoms with Gasteiger partial charge in [-0.2, -0.15) is 0 Å². The second-order valence-corrected chi connectivity index (χ2v) is 4.28. The molecule has 3 rings (SSSR count). The molecule has 0 fully saturated rings. The van der Waals surface area contributed by atoms with E-state index >= 15 is 0 Å². The molecule has 4 heteroatoms. The van der Waals surface area contributed by atoms with Crippen LogP contribution in [0.2, 0.25) is 0 Å². The first-order chi connectivity index (χ1) is 8.77. The van der Waals surface area contributed by atoms with Crippen molar-refractivity contribution < 1.29 is 0 Å². The monoisotopic (exact) mass is 238 g/mol. The molecule has 3 aromatic rings. The Balaban J connectivity index is 2.35. The minimum Gasteiger partial charge on any atom is -0.322 e. The Morgan fingerprint density at radius 2 is 1.89 bits per heavy atom. The summed E-state index contributed by atoms with van der Waals surface area (Å²) in [7, 11) is 0. The highest BCUT2D eigenvalue weighted by Gasteiger charge is 2.15. The summed E-state index contributed by atoms with van der Waals surface area (Å²) in [5, 5.41) is 0. The Hall–Kier alpha value is -2.20. The lowest BCUT2D eigenvalue weighted by molar-refractivity contribution is 0.725. The van der Waals surface area contributed by atoms with Crippen molar-refractivity contribution in [1.82, 2.24) is 14.5 Å². The molecular weight excluding hydrogens is 224 g/mol. The predicted octanol–water partition coefficient (Wildman–Crippen LogP) is 2.44. The van der Waals surface area contributed by atoms with Crippen molar-refractivity contribution >= 4 is 11.2 Å². The molecule has 0 aliphatic rings. The van der Waals surface area contributed by atoms with Crippen LogP contribution < -0.4 is 5.73 Å². The van der Waals surface area contributed by atoms with Crippen LogP contribution in [0.5, 0.6) is 0 Å². The van der Waals surface area contributed by atoms with Crippen molar-refractivity contribution in [2.75, 3.05) is 0 Å². The van der Waals surface area contributed by atoms with Crippen LogP contribution in [-0.2, 0) is 0 Å². The van der Waals surface area contributed by atoms with Crippen molar-refractivity contribution in [1.29, 1.82) is 0 Å². The first-order valence-electron chi connectivity index (χ1n) is 5.92. The van der Waals surface area contributed by atoms with Crippen LogP contribution in [-0.4, -0.2) is 14.5 Å². The van der Waals surface area contributed by atoms with E-state index in [4.69, 9.17) is 5.73 Å². The Bertz CT molecular complexity index is 671. The molecule has 2 aromatic heterocycles. The summed E-state index contributed by atoms with van der Waals surface area (Å²) < 4.78 is 2.01. The van der Waals surface area contributed by atoms with Gasteiger partial charge in [-0.3, -0.25) is 4.57 Å². The van der Waals surface area contributed by atoms with E-state index in [2.05, 4.69) is 9.97 Å². The number of benzene rings is 1. The van der Waals surface area contributed by atoms with Crippen LogP contribution in [0.4, 0.5) is 0 Å². The fourth-order valence-electron chi connectivity index (χ4n) is 2.07. The number of hydrogen-bond donors (Lipinski definition) is 1. The summed E-state index contributed by atoms with van der Waals surface area (Å²) in [6.45, 7) is 1.93. The molecule has 0 aliphatic heterocycles. The fourth-order valence-corrected chi connectivity index (χ4v) is 2.07. The molecule has 0 aliphatic carbocycles. The SMILES string of the molecule is C[C@H](N)c1nc2cccnc2n1-c1ccccc1. The van der Waals surface area contributed by atoms with Gasteiger partial charge in [-0.05, 0) is 31.2 Å². The van der Waals surface area contributed by atoms with Crippen LogP contribution in [0.25, 0.3) is 16.9 Å². The zero-order chi connectivity index (χ0) is 12.5. The molecule has 0 saturated carbocycles. The third-order valence-electron chi connectivity index (χ3n) is 2.86.